The molecular formula is C14H22N2O3S. The van der Waals surface area contributed by atoms with Crippen LogP contribution in [0.1, 0.15) is 27.7 Å². The van der Waals surface area contributed by atoms with Gasteiger partial charge in [0.2, 0.25) is 10.0 Å². The van der Waals surface area contributed by atoms with Crippen molar-refractivity contribution in [2.75, 3.05) is 12.8 Å². The van der Waals surface area contributed by atoms with Crippen LogP contribution >= 0.6 is 0 Å². The summed E-state index contributed by atoms with van der Waals surface area (Å²) >= 11 is 0. The van der Waals surface area contributed by atoms with Gasteiger partial charge in [0.25, 0.3) is 0 Å². The molecule has 1 fully saturated rings. The second kappa shape index (κ2) is 4.36. The summed E-state index contributed by atoms with van der Waals surface area (Å²) in [4.78, 5) is 0.161. The minimum absolute atomic E-state index is 0.0575. The van der Waals surface area contributed by atoms with Gasteiger partial charge in [0.15, 0.2) is 0 Å². The largest absolute Gasteiger partial charge is 0.495 e. The molecule has 1 aromatic carbocycles. The molecule has 0 unspecified atom stereocenters. The van der Waals surface area contributed by atoms with Gasteiger partial charge >= 0.3 is 0 Å². The van der Waals surface area contributed by atoms with Gasteiger partial charge in [0, 0.05) is 6.04 Å². The van der Waals surface area contributed by atoms with Crippen LogP contribution in [0.25, 0.3) is 0 Å². The van der Waals surface area contributed by atoms with E-state index in [0.29, 0.717) is 11.4 Å². The van der Waals surface area contributed by atoms with Gasteiger partial charge in [-0.25, -0.2) is 13.1 Å². The standard InChI is InChI=1S/C14H22N2O3S/c1-13(2)12(14(13,3)4)16-20(17,18)9-6-7-11(19-5)10(15)8-9/h6-8,12,16H,15H2,1-5H3. The highest BCUT2D eigenvalue weighted by molar-refractivity contribution is 7.89. The van der Waals surface area contributed by atoms with Crippen molar-refractivity contribution in [1.29, 1.82) is 0 Å². The Morgan fingerprint density at radius 3 is 2.15 bits per heavy atom. The van der Waals surface area contributed by atoms with Crippen LogP contribution in [0.4, 0.5) is 5.69 Å². The van der Waals surface area contributed by atoms with E-state index in [1.54, 1.807) is 6.07 Å². The van der Waals surface area contributed by atoms with Crippen molar-refractivity contribution in [3.05, 3.63) is 18.2 Å². The van der Waals surface area contributed by atoms with Crippen molar-refractivity contribution in [2.24, 2.45) is 10.8 Å². The number of nitrogens with one attached hydrogen (secondary N) is 1. The van der Waals surface area contributed by atoms with Crippen molar-refractivity contribution in [3.63, 3.8) is 0 Å². The van der Waals surface area contributed by atoms with Crippen LogP contribution in [-0.4, -0.2) is 21.6 Å². The highest BCUT2D eigenvalue weighted by Gasteiger charge is 2.66. The number of methoxy groups -OCH3 is 1. The normalized spacial score (nSPS) is 20.6. The Morgan fingerprint density at radius 2 is 1.75 bits per heavy atom. The van der Waals surface area contributed by atoms with Gasteiger partial charge in [0.1, 0.15) is 5.75 Å². The number of nitrogens with two attached hydrogens (primary N) is 1. The predicted molar refractivity (Wildman–Crippen MR) is 79.1 cm³/mol. The fourth-order valence-electron chi connectivity index (χ4n) is 2.59. The summed E-state index contributed by atoms with van der Waals surface area (Å²) in [6.07, 6.45) is 0. The van der Waals surface area contributed by atoms with Crippen LogP contribution in [0.5, 0.6) is 5.75 Å². The lowest BCUT2D eigenvalue weighted by molar-refractivity contribution is 0.416. The van der Waals surface area contributed by atoms with Gasteiger partial charge in [-0.15, -0.1) is 0 Å². The molecule has 0 spiro atoms. The van der Waals surface area contributed by atoms with Crippen LogP contribution < -0.4 is 15.2 Å². The molecule has 1 aromatic rings. The SMILES string of the molecule is COc1ccc(S(=O)(=O)NC2C(C)(C)C2(C)C)cc1N. The lowest BCUT2D eigenvalue weighted by Crippen LogP contribution is -2.30. The zero-order chi connectivity index (χ0) is 15.3. The molecule has 0 saturated heterocycles. The Labute approximate surface area is 120 Å². The van der Waals surface area contributed by atoms with Gasteiger partial charge in [-0.3, -0.25) is 0 Å². The summed E-state index contributed by atoms with van der Waals surface area (Å²) in [5, 5.41) is 0. The molecule has 1 aliphatic carbocycles. The first-order chi connectivity index (χ1) is 9.04. The Kier molecular flexibility index (Phi) is 3.30. The van der Waals surface area contributed by atoms with Gasteiger partial charge in [-0.05, 0) is 29.0 Å². The minimum atomic E-state index is -3.57. The van der Waals surface area contributed by atoms with E-state index < -0.39 is 10.0 Å². The Hall–Kier alpha value is -1.27. The van der Waals surface area contributed by atoms with Gasteiger partial charge in [-0.2, -0.15) is 0 Å². The number of benzene rings is 1. The van der Waals surface area contributed by atoms with E-state index >= 15 is 0 Å². The molecule has 1 saturated carbocycles. The zero-order valence-electron chi connectivity index (χ0n) is 12.5. The Balaban J connectivity index is 2.27. The van der Waals surface area contributed by atoms with E-state index in [-0.39, 0.29) is 21.8 Å². The third-order valence-corrected chi connectivity index (χ3v) is 6.23. The maximum absolute atomic E-state index is 12.4. The molecule has 2 rings (SSSR count). The molecular weight excluding hydrogens is 276 g/mol. The van der Waals surface area contributed by atoms with Crippen LogP contribution in [0.15, 0.2) is 23.1 Å². The summed E-state index contributed by atoms with van der Waals surface area (Å²) < 4.78 is 32.6. The van der Waals surface area contributed by atoms with E-state index in [4.69, 9.17) is 10.5 Å². The number of anilines is 1. The second-order valence-corrected chi connectivity index (χ2v) is 8.12. The molecule has 0 aromatic heterocycles. The van der Waals surface area contributed by atoms with Crippen LogP contribution in [0.3, 0.4) is 0 Å². The average Bonchev–Trinajstić information content (AvgIpc) is 2.71. The van der Waals surface area contributed by atoms with E-state index in [2.05, 4.69) is 32.4 Å². The van der Waals surface area contributed by atoms with Crippen LogP contribution in [0.2, 0.25) is 0 Å². The first-order valence-electron chi connectivity index (χ1n) is 6.50. The molecule has 0 bridgehead atoms. The average molecular weight is 298 g/mol. The van der Waals surface area contributed by atoms with E-state index in [1.165, 1.54) is 19.2 Å². The highest BCUT2D eigenvalue weighted by Crippen LogP contribution is 2.62. The monoisotopic (exact) mass is 298 g/mol. The summed E-state index contributed by atoms with van der Waals surface area (Å²) in [7, 11) is -2.08. The summed E-state index contributed by atoms with van der Waals surface area (Å²) in [5.74, 6) is 0.469. The smallest absolute Gasteiger partial charge is 0.240 e. The number of sulfonamides is 1. The highest BCUT2D eigenvalue weighted by atomic mass is 32.2. The van der Waals surface area contributed by atoms with E-state index in [9.17, 15) is 8.42 Å². The maximum Gasteiger partial charge on any atom is 0.240 e. The summed E-state index contributed by atoms with van der Waals surface area (Å²) in [6, 6.07) is 4.40. The molecule has 20 heavy (non-hydrogen) atoms. The lowest BCUT2D eigenvalue weighted by Gasteiger charge is -2.10. The molecule has 0 aliphatic heterocycles. The quantitative estimate of drug-likeness (QED) is 0.833. The molecule has 0 amide bonds. The Bertz CT molecular complexity index is 622. The van der Waals surface area contributed by atoms with E-state index in [0.717, 1.165) is 0 Å². The predicted octanol–water partition coefficient (Wildman–Crippen LogP) is 1.99. The minimum Gasteiger partial charge on any atom is -0.495 e. The zero-order valence-corrected chi connectivity index (χ0v) is 13.3. The summed E-state index contributed by atoms with van der Waals surface area (Å²) in [5.41, 5.74) is 5.96. The number of ether oxygens (including phenoxy) is 1. The van der Waals surface area contributed by atoms with Gasteiger partial charge in [-0.1, -0.05) is 27.7 Å². The fraction of sp³-hybridized carbons (Fsp3) is 0.571. The third kappa shape index (κ3) is 2.16. The van der Waals surface area contributed by atoms with Crippen molar-refractivity contribution >= 4 is 15.7 Å². The number of nitrogen functional groups attached to an aromatic ring is 1. The van der Waals surface area contributed by atoms with Crippen molar-refractivity contribution in [2.45, 2.75) is 38.6 Å². The molecule has 3 N–H and O–H groups in total. The Morgan fingerprint density at radius 1 is 1.20 bits per heavy atom. The fourth-order valence-corrected chi connectivity index (χ4v) is 4.16. The van der Waals surface area contributed by atoms with E-state index in [1.807, 2.05) is 0 Å². The topological polar surface area (TPSA) is 81.4 Å². The van der Waals surface area contributed by atoms with Crippen LogP contribution in [-0.2, 0) is 10.0 Å². The van der Waals surface area contributed by atoms with Crippen LogP contribution in [0, 0.1) is 10.8 Å². The van der Waals surface area contributed by atoms with Gasteiger partial charge < -0.3 is 10.5 Å². The molecule has 112 valence electrons. The number of hydrogen-bond acceptors (Lipinski definition) is 4. The number of rotatable bonds is 4. The molecule has 6 heteroatoms. The first kappa shape index (κ1) is 15.1. The lowest BCUT2D eigenvalue weighted by atomic mass is 10.0. The summed E-state index contributed by atoms with van der Waals surface area (Å²) in [6.45, 7) is 8.23. The second-order valence-electron chi connectivity index (χ2n) is 6.40. The molecule has 5 nitrogen and oxygen atoms in total. The van der Waals surface area contributed by atoms with Crippen molar-refractivity contribution < 1.29 is 13.2 Å². The first-order valence-corrected chi connectivity index (χ1v) is 7.98. The molecule has 0 heterocycles. The number of hydrogen-bond donors (Lipinski definition) is 2. The third-order valence-electron chi connectivity index (χ3n) is 4.81. The van der Waals surface area contributed by atoms with Crippen molar-refractivity contribution in [1.82, 2.24) is 4.72 Å². The maximum atomic E-state index is 12.4. The van der Waals surface area contributed by atoms with Gasteiger partial charge in [0.05, 0.1) is 17.7 Å². The molecule has 0 radical (unpaired) electrons. The van der Waals surface area contributed by atoms with Crippen molar-refractivity contribution in [3.8, 4) is 5.75 Å². The molecule has 1 aliphatic rings. The molecule has 0 atom stereocenters.